The van der Waals surface area contributed by atoms with Crippen molar-refractivity contribution in [2.75, 3.05) is 12.3 Å². The van der Waals surface area contributed by atoms with E-state index in [1.165, 1.54) is 10.9 Å². The van der Waals surface area contributed by atoms with E-state index in [2.05, 4.69) is 30.3 Å². The number of thioether (sulfide) groups is 1. The largest absolute Gasteiger partial charge is 0.338 e. The fraction of sp³-hybridized carbons (Fsp3) is 0.211. The maximum atomic E-state index is 12.8. The molecule has 1 aliphatic rings. The molecule has 0 spiro atoms. The van der Waals surface area contributed by atoms with Gasteiger partial charge in [-0.05, 0) is 23.1 Å². The monoisotopic (exact) mass is 322 g/mol. The molecule has 0 saturated carbocycles. The van der Waals surface area contributed by atoms with Crippen LogP contribution in [0.25, 0.3) is 10.9 Å². The van der Waals surface area contributed by atoms with Gasteiger partial charge in [-0.15, -0.1) is 11.8 Å². The molecule has 1 aromatic heterocycles. The highest BCUT2D eigenvalue weighted by atomic mass is 32.2. The zero-order chi connectivity index (χ0) is 15.6. The number of carbonyl (C=O) groups excluding carboxylic acids is 1. The summed E-state index contributed by atoms with van der Waals surface area (Å²) in [4.78, 5) is 14.8. The average Bonchev–Trinajstić information content (AvgIpc) is 3.23. The summed E-state index contributed by atoms with van der Waals surface area (Å²) >= 11 is 1.84. The molecule has 1 saturated heterocycles. The minimum Gasteiger partial charge on any atom is -0.338 e. The lowest BCUT2D eigenvalue weighted by atomic mass is 10.2. The normalized spacial score (nSPS) is 17.7. The van der Waals surface area contributed by atoms with Crippen molar-refractivity contribution in [2.24, 2.45) is 0 Å². The van der Waals surface area contributed by atoms with Gasteiger partial charge < -0.3 is 9.47 Å². The first-order chi connectivity index (χ1) is 11.3. The number of hydrogen-bond donors (Lipinski definition) is 0. The molecule has 1 atom stereocenters. The van der Waals surface area contributed by atoms with Crippen LogP contribution < -0.4 is 0 Å². The van der Waals surface area contributed by atoms with Gasteiger partial charge in [0, 0.05) is 24.0 Å². The molecule has 0 radical (unpaired) electrons. The molecule has 0 N–H and O–H groups in total. The second-order valence-electron chi connectivity index (χ2n) is 5.72. The molecule has 1 fully saturated rings. The highest BCUT2D eigenvalue weighted by Crippen LogP contribution is 2.37. The van der Waals surface area contributed by atoms with Crippen molar-refractivity contribution in [3.63, 3.8) is 0 Å². The Morgan fingerprint density at radius 2 is 1.83 bits per heavy atom. The Morgan fingerprint density at radius 1 is 1.04 bits per heavy atom. The van der Waals surface area contributed by atoms with E-state index in [4.69, 9.17) is 0 Å². The van der Waals surface area contributed by atoms with Gasteiger partial charge in [-0.25, -0.2) is 0 Å². The van der Waals surface area contributed by atoms with E-state index in [0.717, 1.165) is 17.8 Å². The molecule has 0 bridgehead atoms. The lowest BCUT2D eigenvalue weighted by Crippen LogP contribution is -2.33. The molecule has 0 aliphatic carbocycles. The first kappa shape index (κ1) is 14.4. The SMILES string of the molecule is O=C(Cn1ccc2ccccc21)N1CCSC1c1ccccc1. The summed E-state index contributed by atoms with van der Waals surface area (Å²) in [6.45, 7) is 1.22. The number of carbonyl (C=O) groups is 1. The Hall–Kier alpha value is -2.20. The third-order valence-electron chi connectivity index (χ3n) is 4.28. The summed E-state index contributed by atoms with van der Waals surface area (Å²) in [5, 5.41) is 1.32. The molecule has 2 aromatic carbocycles. The van der Waals surface area contributed by atoms with Crippen LogP contribution in [0.3, 0.4) is 0 Å². The van der Waals surface area contributed by atoms with Crippen molar-refractivity contribution in [3.05, 3.63) is 72.4 Å². The molecule has 23 heavy (non-hydrogen) atoms. The van der Waals surface area contributed by atoms with Gasteiger partial charge in [0.2, 0.25) is 5.91 Å². The molecule has 4 rings (SSSR count). The number of fused-ring (bicyclic) bond motifs is 1. The maximum Gasteiger partial charge on any atom is 0.243 e. The number of aromatic nitrogens is 1. The summed E-state index contributed by atoms with van der Waals surface area (Å²) in [5.41, 5.74) is 2.32. The standard InChI is InChI=1S/C19H18N2OS/c22-18(14-20-11-10-15-6-4-5-9-17(15)20)21-12-13-23-19(21)16-7-2-1-3-8-16/h1-11,19H,12-14H2. The lowest BCUT2D eigenvalue weighted by molar-refractivity contribution is -0.131. The lowest BCUT2D eigenvalue weighted by Gasteiger charge is -2.24. The van der Waals surface area contributed by atoms with Gasteiger partial charge in [0.25, 0.3) is 0 Å². The Bertz CT molecular complexity index is 828. The Morgan fingerprint density at radius 3 is 2.70 bits per heavy atom. The van der Waals surface area contributed by atoms with E-state index in [-0.39, 0.29) is 11.3 Å². The molecule has 2 heterocycles. The first-order valence-electron chi connectivity index (χ1n) is 7.83. The molecule has 1 unspecified atom stereocenters. The van der Waals surface area contributed by atoms with Crippen LogP contribution in [0.4, 0.5) is 0 Å². The number of benzene rings is 2. The Balaban J connectivity index is 1.56. The fourth-order valence-corrected chi connectivity index (χ4v) is 4.41. The Labute approximate surface area is 139 Å². The van der Waals surface area contributed by atoms with E-state index in [0.29, 0.717) is 6.54 Å². The molecule has 116 valence electrons. The average molecular weight is 322 g/mol. The van der Waals surface area contributed by atoms with Crippen LogP contribution in [0.1, 0.15) is 10.9 Å². The van der Waals surface area contributed by atoms with E-state index < -0.39 is 0 Å². The van der Waals surface area contributed by atoms with Crippen LogP contribution >= 0.6 is 11.8 Å². The highest BCUT2D eigenvalue weighted by molar-refractivity contribution is 7.99. The van der Waals surface area contributed by atoms with Gasteiger partial charge in [0.05, 0.1) is 0 Å². The number of nitrogens with zero attached hydrogens (tertiary/aromatic N) is 2. The molecule has 4 heteroatoms. The van der Waals surface area contributed by atoms with E-state index >= 15 is 0 Å². The predicted molar refractivity (Wildman–Crippen MR) is 95.3 cm³/mol. The van der Waals surface area contributed by atoms with Crippen LogP contribution in [-0.2, 0) is 11.3 Å². The van der Waals surface area contributed by atoms with Gasteiger partial charge in [0.15, 0.2) is 0 Å². The zero-order valence-electron chi connectivity index (χ0n) is 12.8. The first-order valence-corrected chi connectivity index (χ1v) is 8.88. The van der Waals surface area contributed by atoms with Crippen LogP contribution in [0.5, 0.6) is 0 Å². The number of amides is 1. The van der Waals surface area contributed by atoms with Gasteiger partial charge in [-0.3, -0.25) is 4.79 Å². The molecule has 3 aromatic rings. The fourth-order valence-electron chi connectivity index (χ4n) is 3.13. The summed E-state index contributed by atoms with van der Waals surface area (Å²) < 4.78 is 2.04. The summed E-state index contributed by atoms with van der Waals surface area (Å²) in [5.74, 6) is 1.18. The highest BCUT2D eigenvalue weighted by Gasteiger charge is 2.30. The summed E-state index contributed by atoms with van der Waals surface area (Å²) in [6.07, 6.45) is 2.00. The molecular formula is C19H18N2OS. The molecule has 1 aliphatic heterocycles. The minimum absolute atomic E-state index is 0.144. The van der Waals surface area contributed by atoms with Crippen LogP contribution in [0.15, 0.2) is 66.9 Å². The van der Waals surface area contributed by atoms with Gasteiger partial charge in [0.1, 0.15) is 11.9 Å². The second-order valence-corrected chi connectivity index (χ2v) is 6.91. The van der Waals surface area contributed by atoms with Crippen molar-refractivity contribution in [1.82, 2.24) is 9.47 Å². The zero-order valence-corrected chi connectivity index (χ0v) is 13.6. The predicted octanol–water partition coefficient (Wildman–Crippen LogP) is 3.92. The number of para-hydroxylation sites is 1. The maximum absolute atomic E-state index is 12.8. The van der Waals surface area contributed by atoms with Crippen molar-refractivity contribution in [3.8, 4) is 0 Å². The topological polar surface area (TPSA) is 25.2 Å². The van der Waals surface area contributed by atoms with Crippen molar-refractivity contribution >= 4 is 28.6 Å². The van der Waals surface area contributed by atoms with E-state index in [9.17, 15) is 4.79 Å². The molecule has 1 amide bonds. The quantitative estimate of drug-likeness (QED) is 0.730. The molecular weight excluding hydrogens is 304 g/mol. The third kappa shape index (κ3) is 2.75. The van der Waals surface area contributed by atoms with Crippen molar-refractivity contribution in [1.29, 1.82) is 0 Å². The summed E-state index contributed by atoms with van der Waals surface area (Å²) in [7, 11) is 0. The van der Waals surface area contributed by atoms with Crippen molar-refractivity contribution in [2.45, 2.75) is 11.9 Å². The smallest absolute Gasteiger partial charge is 0.243 e. The minimum atomic E-state index is 0.144. The van der Waals surface area contributed by atoms with Gasteiger partial charge >= 0.3 is 0 Å². The summed E-state index contributed by atoms with van der Waals surface area (Å²) in [6, 6.07) is 20.6. The van der Waals surface area contributed by atoms with Gasteiger partial charge in [-0.1, -0.05) is 48.5 Å². The molecule has 3 nitrogen and oxygen atoms in total. The number of rotatable bonds is 3. The Kier molecular flexibility index (Phi) is 3.83. The van der Waals surface area contributed by atoms with Gasteiger partial charge in [-0.2, -0.15) is 0 Å². The van der Waals surface area contributed by atoms with Crippen LogP contribution in [0.2, 0.25) is 0 Å². The van der Waals surface area contributed by atoms with Crippen LogP contribution in [0, 0.1) is 0 Å². The second kappa shape index (κ2) is 6.13. The van der Waals surface area contributed by atoms with E-state index in [1.54, 1.807) is 0 Å². The van der Waals surface area contributed by atoms with Crippen LogP contribution in [-0.4, -0.2) is 27.7 Å². The third-order valence-corrected chi connectivity index (χ3v) is 5.54. The number of hydrogen-bond acceptors (Lipinski definition) is 2. The van der Waals surface area contributed by atoms with E-state index in [1.807, 2.05) is 57.8 Å². The van der Waals surface area contributed by atoms with Crippen molar-refractivity contribution < 1.29 is 4.79 Å².